The summed E-state index contributed by atoms with van der Waals surface area (Å²) in [6, 6.07) is 16.9. The lowest BCUT2D eigenvalue weighted by atomic mass is 10.0. The molecule has 3 aromatic rings. The van der Waals surface area contributed by atoms with Gasteiger partial charge < -0.3 is 14.2 Å². The zero-order valence-electron chi connectivity index (χ0n) is 14.4. The number of methoxy groups -OCH3 is 2. The Morgan fingerprint density at radius 3 is 2.48 bits per heavy atom. The molecule has 0 amide bonds. The van der Waals surface area contributed by atoms with Gasteiger partial charge in [0, 0.05) is 17.0 Å². The number of carbonyl (C=O) groups is 1. The molecule has 128 valence electrons. The molecule has 0 unspecified atom stereocenters. The van der Waals surface area contributed by atoms with E-state index in [2.05, 4.69) is 4.98 Å². The molecule has 25 heavy (non-hydrogen) atoms. The molecular formula is C20H19NO4. The Balaban J connectivity index is 2.09. The predicted molar refractivity (Wildman–Crippen MR) is 95.1 cm³/mol. The van der Waals surface area contributed by atoms with Crippen molar-refractivity contribution in [3.05, 3.63) is 65.9 Å². The van der Waals surface area contributed by atoms with Crippen molar-refractivity contribution in [2.24, 2.45) is 0 Å². The highest BCUT2D eigenvalue weighted by Crippen LogP contribution is 2.32. The zero-order chi connectivity index (χ0) is 17.8. The number of rotatable bonds is 5. The van der Waals surface area contributed by atoms with E-state index in [0.717, 1.165) is 16.7 Å². The summed E-state index contributed by atoms with van der Waals surface area (Å²) in [5.74, 6) is 0.828. The van der Waals surface area contributed by atoms with Crippen LogP contribution >= 0.6 is 0 Å². The van der Waals surface area contributed by atoms with Crippen LogP contribution in [0.2, 0.25) is 0 Å². The number of hydrogen-bond acceptors (Lipinski definition) is 5. The Bertz CT molecular complexity index is 893. The highest BCUT2D eigenvalue weighted by atomic mass is 16.5. The van der Waals surface area contributed by atoms with E-state index in [1.807, 2.05) is 55.5 Å². The second kappa shape index (κ2) is 7.21. The molecule has 0 saturated carbocycles. The second-order valence-corrected chi connectivity index (χ2v) is 5.52. The fourth-order valence-corrected chi connectivity index (χ4v) is 2.71. The second-order valence-electron chi connectivity index (χ2n) is 5.52. The lowest BCUT2D eigenvalue weighted by Gasteiger charge is -2.18. The summed E-state index contributed by atoms with van der Waals surface area (Å²) in [5, 5.41) is 0.816. The summed E-state index contributed by atoms with van der Waals surface area (Å²) in [7, 11) is 2.89. The van der Waals surface area contributed by atoms with Gasteiger partial charge in [0.1, 0.15) is 17.6 Å². The van der Waals surface area contributed by atoms with Crippen LogP contribution in [0.25, 0.3) is 10.9 Å². The molecule has 5 nitrogen and oxygen atoms in total. The lowest BCUT2D eigenvalue weighted by molar-refractivity contribution is 0.0594. The molecule has 1 aromatic heterocycles. The zero-order valence-corrected chi connectivity index (χ0v) is 14.4. The molecule has 0 aliphatic heterocycles. The van der Waals surface area contributed by atoms with Crippen molar-refractivity contribution in [3.8, 4) is 11.5 Å². The quantitative estimate of drug-likeness (QED) is 0.654. The maximum absolute atomic E-state index is 11.9. The van der Waals surface area contributed by atoms with Crippen LogP contribution < -0.4 is 9.47 Å². The van der Waals surface area contributed by atoms with Crippen LogP contribution in [0.5, 0.6) is 11.5 Å². The number of esters is 1. The Morgan fingerprint density at radius 2 is 1.80 bits per heavy atom. The van der Waals surface area contributed by atoms with Gasteiger partial charge in [-0.25, -0.2) is 9.78 Å². The van der Waals surface area contributed by atoms with E-state index in [9.17, 15) is 4.79 Å². The van der Waals surface area contributed by atoms with Crippen molar-refractivity contribution in [2.45, 2.75) is 13.0 Å². The van der Waals surface area contributed by atoms with E-state index >= 15 is 0 Å². The minimum atomic E-state index is -0.508. The van der Waals surface area contributed by atoms with E-state index in [0.29, 0.717) is 11.3 Å². The minimum Gasteiger partial charge on any atom is -0.496 e. The van der Waals surface area contributed by atoms with E-state index in [4.69, 9.17) is 14.2 Å². The summed E-state index contributed by atoms with van der Waals surface area (Å²) >= 11 is 0. The Kier molecular flexibility index (Phi) is 4.84. The highest BCUT2D eigenvalue weighted by molar-refractivity contribution is 5.95. The maximum Gasteiger partial charge on any atom is 0.356 e. The van der Waals surface area contributed by atoms with E-state index in [-0.39, 0.29) is 11.8 Å². The van der Waals surface area contributed by atoms with Crippen molar-refractivity contribution < 1.29 is 19.0 Å². The summed E-state index contributed by atoms with van der Waals surface area (Å²) < 4.78 is 16.2. The Morgan fingerprint density at radius 1 is 1.04 bits per heavy atom. The van der Waals surface area contributed by atoms with Crippen LogP contribution in [0, 0.1) is 0 Å². The molecule has 1 heterocycles. The summed E-state index contributed by atoms with van der Waals surface area (Å²) in [4.78, 5) is 16.4. The van der Waals surface area contributed by atoms with E-state index < -0.39 is 5.97 Å². The fraction of sp³-hybridized carbons (Fsp3) is 0.200. The summed E-state index contributed by atoms with van der Waals surface area (Å²) in [6.45, 7) is 1.95. The monoisotopic (exact) mass is 337 g/mol. The molecule has 0 saturated heterocycles. The molecular weight excluding hydrogens is 318 g/mol. The fourth-order valence-electron chi connectivity index (χ4n) is 2.71. The van der Waals surface area contributed by atoms with Crippen LogP contribution in [0.1, 0.15) is 29.1 Å². The smallest absolute Gasteiger partial charge is 0.356 e. The Labute approximate surface area is 146 Å². The Hall–Kier alpha value is -3.08. The van der Waals surface area contributed by atoms with Crippen molar-refractivity contribution in [1.29, 1.82) is 0 Å². The summed E-state index contributed by atoms with van der Waals surface area (Å²) in [6.07, 6.45) is -0.254. The number of benzene rings is 2. The molecule has 0 aliphatic carbocycles. The van der Waals surface area contributed by atoms with Crippen LogP contribution in [-0.2, 0) is 4.74 Å². The van der Waals surface area contributed by atoms with Gasteiger partial charge in [-0.3, -0.25) is 0 Å². The standard InChI is InChI=1S/C20H19NO4/c1-13(25-14-8-5-4-6-9-14)15-10-7-11-16-18(23-2)12-17(20(22)24-3)21-19(15)16/h4-13H,1-3H3/t13-/m1/s1. The van der Waals surface area contributed by atoms with Gasteiger partial charge in [0.2, 0.25) is 0 Å². The summed E-state index contributed by atoms with van der Waals surface area (Å²) in [5.41, 5.74) is 1.72. The van der Waals surface area contributed by atoms with Crippen molar-refractivity contribution in [1.82, 2.24) is 4.98 Å². The molecule has 3 rings (SSSR count). The van der Waals surface area contributed by atoms with Gasteiger partial charge in [-0.15, -0.1) is 0 Å². The average Bonchev–Trinajstić information content (AvgIpc) is 2.66. The first kappa shape index (κ1) is 16.8. The number of carbonyl (C=O) groups excluding carboxylic acids is 1. The topological polar surface area (TPSA) is 57.7 Å². The first-order valence-electron chi connectivity index (χ1n) is 7.91. The van der Waals surface area contributed by atoms with Gasteiger partial charge >= 0.3 is 5.97 Å². The van der Waals surface area contributed by atoms with Gasteiger partial charge in [-0.05, 0) is 25.1 Å². The third kappa shape index (κ3) is 3.40. The molecule has 0 fully saturated rings. The first-order chi connectivity index (χ1) is 12.1. The van der Waals surface area contributed by atoms with E-state index in [1.165, 1.54) is 7.11 Å². The van der Waals surface area contributed by atoms with E-state index in [1.54, 1.807) is 13.2 Å². The third-order valence-electron chi connectivity index (χ3n) is 3.94. The number of pyridine rings is 1. The van der Waals surface area contributed by atoms with Crippen LogP contribution in [-0.4, -0.2) is 25.2 Å². The molecule has 0 radical (unpaired) electrons. The molecule has 0 aliphatic rings. The van der Waals surface area contributed by atoms with Crippen LogP contribution in [0.15, 0.2) is 54.6 Å². The number of hydrogen-bond donors (Lipinski definition) is 0. The van der Waals surface area contributed by atoms with Gasteiger partial charge in [0.05, 0.1) is 19.7 Å². The highest BCUT2D eigenvalue weighted by Gasteiger charge is 2.18. The predicted octanol–water partition coefficient (Wildman–Crippen LogP) is 4.17. The van der Waals surface area contributed by atoms with Crippen molar-refractivity contribution in [2.75, 3.05) is 14.2 Å². The number of ether oxygens (including phenoxy) is 3. The van der Waals surface area contributed by atoms with Crippen molar-refractivity contribution >= 4 is 16.9 Å². The van der Waals surface area contributed by atoms with Crippen LogP contribution in [0.3, 0.4) is 0 Å². The maximum atomic E-state index is 11.9. The normalized spacial score (nSPS) is 11.8. The van der Waals surface area contributed by atoms with Gasteiger partial charge in [0.25, 0.3) is 0 Å². The van der Waals surface area contributed by atoms with Crippen LogP contribution in [0.4, 0.5) is 0 Å². The van der Waals surface area contributed by atoms with Gasteiger partial charge in [-0.1, -0.05) is 30.3 Å². The average molecular weight is 337 g/mol. The lowest BCUT2D eigenvalue weighted by Crippen LogP contribution is -2.08. The third-order valence-corrected chi connectivity index (χ3v) is 3.94. The minimum absolute atomic E-state index is 0.200. The number of nitrogens with zero attached hydrogens (tertiary/aromatic N) is 1. The number of fused-ring (bicyclic) bond motifs is 1. The number of aromatic nitrogens is 1. The van der Waals surface area contributed by atoms with Gasteiger partial charge in [-0.2, -0.15) is 0 Å². The SMILES string of the molecule is COC(=O)c1cc(OC)c2cccc([C@@H](C)Oc3ccccc3)c2n1. The largest absolute Gasteiger partial charge is 0.496 e. The molecule has 2 aromatic carbocycles. The molecule has 0 spiro atoms. The molecule has 1 atom stereocenters. The number of para-hydroxylation sites is 2. The first-order valence-corrected chi connectivity index (χ1v) is 7.91. The molecule has 0 bridgehead atoms. The van der Waals surface area contributed by atoms with Crippen molar-refractivity contribution in [3.63, 3.8) is 0 Å². The molecule has 0 N–H and O–H groups in total. The van der Waals surface area contributed by atoms with Gasteiger partial charge in [0.15, 0.2) is 5.69 Å². The molecule has 5 heteroatoms.